The lowest BCUT2D eigenvalue weighted by Gasteiger charge is -2.05. The molecular weight excluding hydrogens is 350 g/mol. The molecule has 0 amide bonds. The second kappa shape index (κ2) is 11.1. The minimum absolute atomic E-state index is 0. The lowest BCUT2D eigenvalue weighted by molar-refractivity contribution is 0.359. The summed E-state index contributed by atoms with van der Waals surface area (Å²) in [6.07, 6.45) is 10.7. The Balaban J connectivity index is 0.00000243. The molecule has 1 aliphatic heterocycles. The van der Waals surface area contributed by atoms with Gasteiger partial charge < -0.3 is 15.2 Å². The molecule has 2 aromatic heterocycles. The second-order valence-electron chi connectivity index (χ2n) is 6.77. The fourth-order valence-corrected chi connectivity index (χ4v) is 3.14. The van der Waals surface area contributed by atoms with Gasteiger partial charge in [0.2, 0.25) is 11.7 Å². The Morgan fingerprint density at radius 3 is 2.77 bits per heavy atom. The maximum Gasteiger partial charge on any atom is 0.231 e. The SMILES string of the molecule is CCCCCCCCNc1ccc(-c2noc(C3CCNC3)n2)cn1.Cl. The van der Waals surface area contributed by atoms with Crippen LogP contribution in [0.3, 0.4) is 0 Å². The van der Waals surface area contributed by atoms with E-state index in [1.807, 2.05) is 18.3 Å². The van der Waals surface area contributed by atoms with Crippen LogP contribution in [0.1, 0.15) is 63.7 Å². The summed E-state index contributed by atoms with van der Waals surface area (Å²) in [5, 5.41) is 10.8. The number of aromatic nitrogens is 3. The number of rotatable bonds is 10. The molecule has 0 spiro atoms. The molecule has 1 aliphatic rings. The molecule has 0 aliphatic carbocycles. The fourth-order valence-electron chi connectivity index (χ4n) is 3.14. The normalized spacial score (nSPS) is 16.4. The number of nitrogens with zero attached hydrogens (tertiary/aromatic N) is 3. The van der Waals surface area contributed by atoms with Crippen molar-refractivity contribution in [2.45, 2.75) is 57.8 Å². The van der Waals surface area contributed by atoms with Gasteiger partial charge in [-0.3, -0.25) is 0 Å². The zero-order valence-corrected chi connectivity index (χ0v) is 16.4. The molecule has 1 atom stereocenters. The molecule has 0 aromatic carbocycles. The highest BCUT2D eigenvalue weighted by molar-refractivity contribution is 5.85. The molecule has 6 nitrogen and oxygen atoms in total. The number of hydrogen-bond acceptors (Lipinski definition) is 6. The Bertz CT molecular complexity index is 625. The zero-order chi connectivity index (χ0) is 17.3. The molecular formula is C19H30ClN5O. The van der Waals surface area contributed by atoms with Gasteiger partial charge in [-0.15, -0.1) is 12.4 Å². The second-order valence-corrected chi connectivity index (χ2v) is 6.77. The van der Waals surface area contributed by atoms with Crippen molar-refractivity contribution in [1.82, 2.24) is 20.4 Å². The van der Waals surface area contributed by atoms with E-state index in [2.05, 4.69) is 32.7 Å². The Hall–Kier alpha value is -1.66. The van der Waals surface area contributed by atoms with E-state index in [-0.39, 0.29) is 12.4 Å². The van der Waals surface area contributed by atoms with Crippen molar-refractivity contribution >= 4 is 18.2 Å². The van der Waals surface area contributed by atoms with E-state index in [4.69, 9.17) is 4.52 Å². The first-order chi connectivity index (χ1) is 12.4. The summed E-state index contributed by atoms with van der Waals surface area (Å²) in [6, 6.07) is 3.98. The third-order valence-corrected chi connectivity index (χ3v) is 4.71. The molecule has 0 radical (unpaired) electrons. The molecule has 0 bridgehead atoms. The summed E-state index contributed by atoms with van der Waals surface area (Å²) >= 11 is 0. The number of unbranched alkanes of at least 4 members (excludes halogenated alkanes) is 5. The van der Waals surface area contributed by atoms with E-state index in [0.717, 1.165) is 43.3 Å². The molecule has 1 unspecified atom stereocenters. The first kappa shape index (κ1) is 20.6. The molecule has 3 heterocycles. The van der Waals surface area contributed by atoms with Crippen LogP contribution >= 0.6 is 12.4 Å². The monoisotopic (exact) mass is 379 g/mol. The number of halogens is 1. The Labute approximate surface area is 162 Å². The molecule has 0 saturated carbocycles. The molecule has 26 heavy (non-hydrogen) atoms. The van der Waals surface area contributed by atoms with Crippen LogP contribution in [0.25, 0.3) is 11.4 Å². The molecule has 7 heteroatoms. The highest BCUT2D eigenvalue weighted by Crippen LogP contribution is 2.23. The maximum absolute atomic E-state index is 5.41. The predicted octanol–water partition coefficient (Wildman–Crippen LogP) is 4.40. The van der Waals surface area contributed by atoms with E-state index in [9.17, 15) is 0 Å². The zero-order valence-electron chi connectivity index (χ0n) is 15.5. The highest BCUT2D eigenvalue weighted by atomic mass is 35.5. The summed E-state index contributed by atoms with van der Waals surface area (Å²) < 4.78 is 5.41. The van der Waals surface area contributed by atoms with E-state index in [1.54, 1.807) is 0 Å². The van der Waals surface area contributed by atoms with Gasteiger partial charge in [0.05, 0.1) is 5.92 Å². The third-order valence-electron chi connectivity index (χ3n) is 4.71. The van der Waals surface area contributed by atoms with Crippen molar-refractivity contribution in [2.75, 3.05) is 25.0 Å². The van der Waals surface area contributed by atoms with Gasteiger partial charge in [0.1, 0.15) is 5.82 Å². The maximum atomic E-state index is 5.41. The van der Waals surface area contributed by atoms with Gasteiger partial charge in [0.15, 0.2) is 0 Å². The molecule has 2 N–H and O–H groups in total. The first-order valence-electron chi connectivity index (χ1n) is 9.61. The van der Waals surface area contributed by atoms with Gasteiger partial charge in [-0.2, -0.15) is 4.98 Å². The smallest absolute Gasteiger partial charge is 0.231 e. The lowest BCUT2D eigenvalue weighted by Crippen LogP contribution is -2.08. The van der Waals surface area contributed by atoms with E-state index in [0.29, 0.717) is 11.7 Å². The van der Waals surface area contributed by atoms with Gasteiger partial charge in [0.25, 0.3) is 0 Å². The van der Waals surface area contributed by atoms with Crippen molar-refractivity contribution < 1.29 is 4.52 Å². The Morgan fingerprint density at radius 2 is 2.04 bits per heavy atom. The molecule has 1 saturated heterocycles. The summed E-state index contributed by atoms with van der Waals surface area (Å²) in [5.74, 6) is 2.59. The average Bonchev–Trinajstić information content (AvgIpc) is 3.33. The largest absolute Gasteiger partial charge is 0.370 e. The van der Waals surface area contributed by atoms with Crippen LogP contribution in [0.5, 0.6) is 0 Å². The fraction of sp³-hybridized carbons (Fsp3) is 0.632. The van der Waals surface area contributed by atoms with Gasteiger partial charge in [-0.25, -0.2) is 4.98 Å². The minimum Gasteiger partial charge on any atom is -0.370 e. The molecule has 1 fully saturated rings. The summed E-state index contributed by atoms with van der Waals surface area (Å²) in [5.41, 5.74) is 0.895. The highest BCUT2D eigenvalue weighted by Gasteiger charge is 2.23. The summed E-state index contributed by atoms with van der Waals surface area (Å²) in [6.45, 7) is 5.15. The summed E-state index contributed by atoms with van der Waals surface area (Å²) in [7, 11) is 0. The van der Waals surface area contributed by atoms with Gasteiger partial charge in [-0.1, -0.05) is 44.2 Å². The number of nitrogens with one attached hydrogen (secondary N) is 2. The number of anilines is 1. The van der Waals surface area contributed by atoms with Crippen LogP contribution in [0.2, 0.25) is 0 Å². The van der Waals surface area contributed by atoms with Crippen molar-refractivity contribution in [3.05, 3.63) is 24.2 Å². The van der Waals surface area contributed by atoms with E-state index < -0.39 is 0 Å². The predicted molar refractivity (Wildman–Crippen MR) is 107 cm³/mol. The van der Waals surface area contributed by atoms with Gasteiger partial charge in [0, 0.05) is 24.8 Å². The van der Waals surface area contributed by atoms with Crippen LogP contribution in [-0.4, -0.2) is 34.8 Å². The first-order valence-corrected chi connectivity index (χ1v) is 9.61. The van der Waals surface area contributed by atoms with Gasteiger partial charge in [-0.05, 0) is 31.5 Å². The van der Waals surface area contributed by atoms with Crippen LogP contribution in [0.15, 0.2) is 22.9 Å². The quantitative estimate of drug-likeness (QED) is 0.596. The third kappa shape index (κ3) is 5.95. The van der Waals surface area contributed by atoms with Crippen LogP contribution in [0, 0.1) is 0 Å². The summed E-state index contributed by atoms with van der Waals surface area (Å²) in [4.78, 5) is 8.99. The van der Waals surface area contributed by atoms with Crippen LogP contribution in [0.4, 0.5) is 5.82 Å². The van der Waals surface area contributed by atoms with E-state index in [1.165, 1.54) is 38.5 Å². The Kier molecular flexibility index (Phi) is 8.85. The average molecular weight is 380 g/mol. The number of pyridine rings is 1. The van der Waals surface area contributed by atoms with Gasteiger partial charge >= 0.3 is 0 Å². The lowest BCUT2D eigenvalue weighted by atomic mass is 10.1. The van der Waals surface area contributed by atoms with Crippen molar-refractivity contribution in [1.29, 1.82) is 0 Å². The van der Waals surface area contributed by atoms with Crippen molar-refractivity contribution in [3.8, 4) is 11.4 Å². The minimum atomic E-state index is 0. The van der Waals surface area contributed by atoms with Crippen LogP contribution in [-0.2, 0) is 0 Å². The van der Waals surface area contributed by atoms with Crippen molar-refractivity contribution in [3.63, 3.8) is 0 Å². The standard InChI is InChI=1S/C19H29N5O.ClH/c1-2-3-4-5-6-7-11-21-17-9-8-15(14-22-17)18-23-19(25-24-18)16-10-12-20-13-16;/h8-9,14,16,20H,2-7,10-13H2,1H3,(H,21,22);1H. The number of hydrogen-bond donors (Lipinski definition) is 2. The van der Waals surface area contributed by atoms with Crippen molar-refractivity contribution in [2.24, 2.45) is 0 Å². The molecule has 3 rings (SSSR count). The topological polar surface area (TPSA) is 75.9 Å². The van der Waals surface area contributed by atoms with Crippen LogP contribution < -0.4 is 10.6 Å². The molecule has 2 aromatic rings. The molecule has 144 valence electrons. The Morgan fingerprint density at radius 1 is 1.19 bits per heavy atom. The van der Waals surface area contributed by atoms with E-state index >= 15 is 0 Å².